The molecule has 1 aliphatic carbocycles. The first-order chi connectivity index (χ1) is 15.9. The zero-order chi connectivity index (χ0) is 30.1. The highest BCUT2D eigenvalue weighted by atomic mass is 19.4. The van der Waals surface area contributed by atoms with Gasteiger partial charge >= 0.3 is 53.6 Å². The van der Waals surface area contributed by atoms with Crippen molar-refractivity contribution in [3.63, 3.8) is 0 Å². The molecule has 0 spiro atoms. The number of alkyl halides is 17. The number of hydrogen-bond donors (Lipinski definition) is 0. The van der Waals surface area contributed by atoms with E-state index in [1.807, 2.05) is 0 Å². The van der Waals surface area contributed by atoms with E-state index in [-0.39, 0.29) is 26.0 Å². The number of halogens is 17. The molecule has 0 heterocycles. The molecule has 0 aromatic heterocycles. The van der Waals surface area contributed by atoms with Crippen LogP contribution in [0.3, 0.4) is 0 Å². The molecular formula is C17H9F17O3. The summed E-state index contributed by atoms with van der Waals surface area (Å²) in [5.74, 6) is -61.8. The lowest BCUT2D eigenvalue weighted by molar-refractivity contribution is -0.465. The average Bonchev–Trinajstić information content (AvgIpc) is 2.67. The Bertz CT molecular complexity index is 1010. The highest BCUT2D eigenvalue weighted by Crippen LogP contribution is 2.65. The second-order valence-electron chi connectivity index (χ2n) is 7.41. The Hall–Kier alpha value is -2.57. The fourth-order valence-corrected chi connectivity index (χ4v) is 2.85. The first-order valence-corrected chi connectivity index (χ1v) is 8.77. The maximum absolute atomic E-state index is 14.8. The number of rotatable bonds is 8. The van der Waals surface area contributed by atoms with Gasteiger partial charge in [-0.25, -0.2) is 0 Å². The van der Waals surface area contributed by atoms with Gasteiger partial charge in [-0.15, -0.1) is 0 Å². The van der Waals surface area contributed by atoms with Crippen molar-refractivity contribution in [2.45, 2.75) is 67.1 Å². The lowest BCUT2D eigenvalue weighted by Crippen LogP contribution is -2.76. The molecule has 0 aliphatic heterocycles. The van der Waals surface area contributed by atoms with E-state index in [4.69, 9.17) is 0 Å². The Morgan fingerprint density at radius 1 is 0.676 bits per heavy atom. The van der Waals surface area contributed by atoms with Crippen LogP contribution in [0.5, 0.6) is 0 Å². The summed E-state index contributed by atoms with van der Waals surface area (Å²) in [6, 6.07) is 0. The van der Waals surface area contributed by atoms with Crippen molar-refractivity contribution in [3.05, 3.63) is 23.8 Å². The quantitative estimate of drug-likeness (QED) is 0.246. The molecule has 1 atom stereocenters. The average molecular weight is 584 g/mol. The Balaban J connectivity index is 3.92. The van der Waals surface area contributed by atoms with Crippen molar-refractivity contribution in [2.75, 3.05) is 0 Å². The molecule has 0 bridgehead atoms. The summed E-state index contributed by atoms with van der Waals surface area (Å²) in [6.45, 7) is 0.311. The summed E-state index contributed by atoms with van der Waals surface area (Å²) in [6.07, 6.45) is -8.74. The van der Waals surface area contributed by atoms with E-state index in [0.29, 0.717) is 0 Å². The summed E-state index contributed by atoms with van der Waals surface area (Å²) >= 11 is 0. The van der Waals surface area contributed by atoms with Crippen LogP contribution >= 0.6 is 0 Å². The molecule has 1 aliphatic rings. The maximum Gasteiger partial charge on any atom is 0.460 e. The van der Waals surface area contributed by atoms with Gasteiger partial charge in [0.05, 0.1) is 0 Å². The summed E-state index contributed by atoms with van der Waals surface area (Å²) in [7, 11) is 0. The zero-order valence-electron chi connectivity index (χ0n) is 17.4. The van der Waals surface area contributed by atoms with E-state index in [1.165, 1.54) is 0 Å². The van der Waals surface area contributed by atoms with Crippen LogP contribution in [0.15, 0.2) is 23.8 Å². The Kier molecular flexibility index (Phi) is 7.43. The van der Waals surface area contributed by atoms with E-state index < -0.39 is 76.6 Å². The first kappa shape index (κ1) is 32.5. The monoisotopic (exact) mass is 584 g/mol. The molecule has 0 saturated carbocycles. The third kappa shape index (κ3) is 4.04. The molecule has 20 heteroatoms. The number of hydrogen-bond acceptors (Lipinski definition) is 3. The Morgan fingerprint density at radius 2 is 1.03 bits per heavy atom. The summed E-state index contributed by atoms with van der Waals surface area (Å²) in [5, 5.41) is 0. The predicted octanol–water partition coefficient (Wildman–Crippen LogP) is 6.38. The molecule has 0 aromatic rings. The minimum atomic E-state index is -8.79. The standard InChI is InChI=1S/C17H9F17O3/c1-6-5-8(36)3-4-9(6,37-7(2)35)10(18,19)11(20,21)12(22,23)13(24,25)14(26,27)15(28,29)16(30,31)17(32,33)34/h3-5H,1-2H3. The molecule has 0 fully saturated rings. The van der Waals surface area contributed by atoms with Gasteiger partial charge in [0, 0.05) is 6.92 Å². The van der Waals surface area contributed by atoms with Crippen molar-refractivity contribution >= 4 is 11.8 Å². The smallest absolute Gasteiger partial charge is 0.444 e. The largest absolute Gasteiger partial charge is 0.460 e. The normalized spacial score (nSPS) is 21.2. The van der Waals surface area contributed by atoms with Crippen LogP contribution < -0.4 is 0 Å². The molecule has 3 nitrogen and oxygen atoms in total. The lowest BCUT2D eigenvalue weighted by atomic mass is 9.77. The second kappa shape index (κ2) is 8.47. The van der Waals surface area contributed by atoms with Crippen molar-refractivity contribution in [1.29, 1.82) is 0 Å². The van der Waals surface area contributed by atoms with Gasteiger partial charge in [-0.1, -0.05) is 0 Å². The van der Waals surface area contributed by atoms with E-state index >= 15 is 0 Å². The van der Waals surface area contributed by atoms with E-state index in [9.17, 15) is 84.2 Å². The van der Waals surface area contributed by atoms with E-state index in [2.05, 4.69) is 4.74 Å². The van der Waals surface area contributed by atoms with E-state index in [0.717, 1.165) is 0 Å². The van der Waals surface area contributed by atoms with Gasteiger partial charge in [-0.05, 0) is 30.7 Å². The van der Waals surface area contributed by atoms with Crippen LogP contribution in [0.2, 0.25) is 0 Å². The van der Waals surface area contributed by atoms with Crippen LogP contribution in [-0.2, 0) is 14.3 Å². The van der Waals surface area contributed by atoms with Crippen LogP contribution in [0, 0.1) is 0 Å². The molecule has 1 rings (SSSR count). The molecule has 0 N–H and O–H groups in total. The lowest BCUT2D eigenvalue weighted by Gasteiger charge is -2.47. The van der Waals surface area contributed by atoms with Crippen molar-refractivity contribution in [1.82, 2.24) is 0 Å². The fourth-order valence-electron chi connectivity index (χ4n) is 2.85. The number of allylic oxidation sites excluding steroid dienone is 2. The summed E-state index contributed by atoms with van der Waals surface area (Å²) < 4.78 is 234. The zero-order valence-corrected chi connectivity index (χ0v) is 17.4. The molecule has 0 radical (unpaired) electrons. The molecular weight excluding hydrogens is 575 g/mol. The van der Waals surface area contributed by atoms with Gasteiger partial charge < -0.3 is 4.74 Å². The molecule has 1 unspecified atom stereocenters. The fraction of sp³-hybridized carbons (Fsp3) is 0.647. The van der Waals surface area contributed by atoms with Crippen molar-refractivity contribution in [2.24, 2.45) is 0 Å². The maximum atomic E-state index is 14.8. The highest BCUT2D eigenvalue weighted by molar-refractivity contribution is 6.01. The van der Waals surface area contributed by atoms with Gasteiger partial charge in [0.25, 0.3) is 0 Å². The minimum absolute atomic E-state index is 0.115. The topological polar surface area (TPSA) is 43.4 Å². The molecule has 0 saturated heterocycles. The number of esters is 1. The van der Waals surface area contributed by atoms with Crippen LogP contribution in [0.4, 0.5) is 74.6 Å². The van der Waals surface area contributed by atoms with Gasteiger partial charge in [-0.3, -0.25) is 9.59 Å². The van der Waals surface area contributed by atoms with Gasteiger partial charge in [-0.2, -0.15) is 74.6 Å². The van der Waals surface area contributed by atoms with Crippen LogP contribution in [0.1, 0.15) is 13.8 Å². The predicted molar refractivity (Wildman–Crippen MR) is 83.1 cm³/mol. The number of carbonyl (C=O) groups excluding carboxylic acids is 2. The number of ether oxygens (including phenoxy) is 1. The van der Waals surface area contributed by atoms with Crippen molar-refractivity contribution < 1.29 is 89.0 Å². The molecule has 37 heavy (non-hydrogen) atoms. The van der Waals surface area contributed by atoms with Gasteiger partial charge in [0.2, 0.25) is 5.60 Å². The molecule has 0 amide bonds. The van der Waals surface area contributed by atoms with Crippen molar-refractivity contribution in [3.8, 4) is 0 Å². The summed E-state index contributed by atoms with van der Waals surface area (Å²) in [4.78, 5) is 22.4. The first-order valence-electron chi connectivity index (χ1n) is 8.77. The SMILES string of the molecule is CC(=O)OC1(C(F)(F)C(F)(F)C(F)(F)C(F)(F)C(F)(F)C(F)(F)C(F)(F)C(F)(F)F)C=CC(=O)C=C1C. The Morgan fingerprint density at radius 3 is 1.35 bits per heavy atom. The molecule has 214 valence electrons. The highest BCUT2D eigenvalue weighted by Gasteiger charge is 2.96. The number of ketones is 1. The Labute approximate surface area is 192 Å². The van der Waals surface area contributed by atoms with Gasteiger partial charge in [0.15, 0.2) is 5.78 Å². The van der Waals surface area contributed by atoms with Crippen LogP contribution in [-0.4, -0.2) is 65.0 Å². The third-order valence-electron chi connectivity index (χ3n) is 4.92. The minimum Gasteiger partial charge on any atom is -0.444 e. The summed E-state index contributed by atoms with van der Waals surface area (Å²) in [5.41, 5.74) is -6.32. The second-order valence-corrected chi connectivity index (χ2v) is 7.41. The van der Waals surface area contributed by atoms with E-state index in [1.54, 1.807) is 0 Å². The molecule has 0 aromatic carbocycles. The van der Waals surface area contributed by atoms with Gasteiger partial charge in [0.1, 0.15) is 0 Å². The number of carbonyl (C=O) groups is 2. The third-order valence-corrected chi connectivity index (χ3v) is 4.92. The van der Waals surface area contributed by atoms with Crippen LogP contribution in [0.25, 0.3) is 0 Å².